The fourth-order valence-corrected chi connectivity index (χ4v) is 2.20. The molecule has 0 aliphatic rings. The number of anilines is 2. The summed E-state index contributed by atoms with van der Waals surface area (Å²) in [5, 5.41) is 3.06. The molecule has 0 saturated carbocycles. The van der Waals surface area contributed by atoms with Crippen molar-refractivity contribution in [3.05, 3.63) is 41.8 Å². The van der Waals surface area contributed by atoms with Crippen LogP contribution in [0.2, 0.25) is 0 Å². The van der Waals surface area contributed by atoms with Crippen molar-refractivity contribution in [2.45, 2.75) is 20.4 Å². The third-order valence-corrected chi connectivity index (χ3v) is 3.41. The van der Waals surface area contributed by atoms with E-state index in [0.717, 1.165) is 18.7 Å². The maximum Gasteiger partial charge on any atom is 0.226 e. The van der Waals surface area contributed by atoms with Crippen LogP contribution in [0.1, 0.15) is 19.4 Å². The van der Waals surface area contributed by atoms with Crippen molar-refractivity contribution in [1.29, 1.82) is 0 Å². The topological polar surface area (TPSA) is 50.3 Å². The molecule has 0 fully saturated rings. The first-order valence-electron chi connectivity index (χ1n) is 7.32. The second kappa shape index (κ2) is 7.59. The van der Waals surface area contributed by atoms with E-state index in [0.29, 0.717) is 24.1 Å². The van der Waals surface area contributed by atoms with E-state index in [1.54, 1.807) is 25.4 Å². The molecule has 0 unspecified atom stereocenters. The van der Waals surface area contributed by atoms with Gasteiger partial charge in [0.1, 0.15) is 5.82 Å². The van der Waals surface area contributed by atoms with Gasteiger partial charge in [0, 0.05) is 31.9 Å². The van der Waals surface area contributed by atoms with Gasteiger partial charge in [-0.15, -0.1) is 0 Å². The summed E-state index contributed by atoms with van der Waals surface area (Å²) >= 11 is 0. The summed E-state index contributed by atoms with van der Waals surface area (Å²) in [4.78, 5) is 10.2. The molecule has 0 bridgehead atoms. The van der Waals surface area contributed by atoms with Gasteiger partial charge >= 0.3 is 0 Å². The molecule has 1 aromatic carbocycles. The SMILES string of the molecule is CCN(CC)c1ccc(CNc2nccc(OC)n2)cc1F. The van der Waals surface area contributed by atoms with Gasteiger partial charge in [-0.3, -0.25) is 0 Å². The fraction of sp³-hybridized carbons (Fsp3) is 0.375. The summed E-state index contributed by atoms with van der Waals surface area (Å²) in [7, 11) is 1.55. The Hall–Kier alpha value is -2.37. The molecule has 0 amide bonds. The van der Waals surface area contributed by atoms with E-state index < -0.39 is 0 Å². The molecular formula is C16H21FN4O. The minimum Gasteiger partial charge on any atom is -0.481 e. The lowest BCUT2D eigenvalue weighted by molar-refractivity contribution is 0.397. The maximum atomic E-state index is 14.2. The van der Waals surface area contributed by atoms with Gasteiger partial charge < -0.3 is 15.0 Å². The molecule has 6 heteroatoms. The van der Waals surface area contributed by atoms with Crippen LogP contribution in [0, 0.1) is 5.82 Å². The zero-order valence-corrected chi connectivity index (χ0v) is 13.1. The highest BCUT2D eigenvalue weighted by Gasteiger charge is 2.09. The van der Waals surface area contributed by atoms with Crippen molar-refractivity contribution in [3.8, 4) is 5.88 Å². The molecule has 0 aliphatic heterocycles. The average molecular weight is 304 g/mol. The highest BCUT2D eigenvalue weighted by molar-refractivity contribution is 5.49. The van der Waals surface area contributed by atoms with E-state index in [1.807, 2.05) is 30.9 Å². The standard InChI is InChI=1S/C16H21FN4O/c1-4-21(5-2)14-7-6-12(10-13(14)17)11-19-16-18-9-8-15(20-16)22-3/h6-10H,4-5,11H2,1-3H3,(H,18,19,20). The number of ether oxygens (including phenoxy) is 1. The Balaban J connectivity index is 2.06. The van der Waals surface area contributed by atoms with Crippen LogP contribution in [0.5, 0.6) is 5.88 Å². The van der Waals surface area contributed by atoms with Crippen LogP contribution in [-0.4, -0.2) is 30.2 Å². The van der Waals surface area contributed by atoms with Crippen LogP contribution in [0.25, 0.3) is 0 Å². The zero-order chi connectivity index (χ0) is 15.9. The summed E-state index contributed by atoms with van der Waals surface area (Å²) in [6, 6.07) is 6.93. The van der Waals surface area contributed by atoms with Crippen molar-refractivity contribution in [3.63, 3.8) is 0 Å². The summed E-state index contributed by atoms with van der Waals surface area (Å²) in [5.74, 6) is 0.725. The van der Waals surface area contributed by atoms with Gasteiger partial charge in [0.25, 0.3) is 0 Å². The second-order valence-electron chi connectivity index (χ2n) is 4.73. The first-order valence-corrected chi connectivity index (χ1v) is 7.32. The van der Waals surface area contributed by atoms with Crippen molar-refractivity contribution in [1.82, 2.24) is 9.97 Å². The molecule has 2 rings (SSSR count). The number of halogens is 1. The quantitative estimate of drug-likeness (QED) is 0.852. The Morgan fingerprint density at radius 1 is 1.23 bits per heavy atom. The number of hydrogen-bond acceptors (Lipinski definition) is 5. The number of aromatic nitrogens is 2. The van der Waals surface area contributed by atoms with Crippen LogP contribution in [0.4, 0.5) is 16.0 Å². The van der Waals surface area contributed by atoms with Gasteiger partial charge in [-0.05, 0) is 31.5 Å². The van der Waals surface area contributed by atoms with Crippen molar-refractivity contribution < 1.29 is 9.13 Å². The molecule has 5 nitrogen and oxygen atoms in total. The molecule has 2 aromatic rings. The van der Waals surface area contributed by atoms with Crippen molar-refractivity contribution in [2.24, 2.45) is 0 Å². The van der Waals surface area contributed by atoms with E-state index >= 15 is 0 Å². The average Bonchev–Trinajstić information content (AvgIpc) is 2.56. The highest BCUT2D eigenvalue weighted by atomic mass is 19.1. The highest BCUT2D eigenvalue weighted by Crippen LogP contribution is 2.20. The molecule has 0 radical (unpaired) electrons. The number of nitrogens with zero attached hydrogens (tertiary/aromatic N) is 3. The predicted molar refractivity (Wildman–Crippen MR) is 85.9 cm³/mol. The largest absolute Gasteiger partial charge is 0.481 e. The Bertz CT molecular complexity index is 617. The van der Waals surface area contributed by atoms with Crippen LogP contribution < -0.4 is 15.0 Å². The predicted octanol–water partition coefficient (Wildman–Crippen LogP) is 3.08. The Labute approximate surface area is 130 Å². The molecule has 1 heterocycles. The third kappa shape index (κ3) is 3.84. The van der Waals surface area contributed by atoms with Crippen LogP contribution >= 0.6 is 0 Å². The summed E-state index contributed by atoms with van der Waals surface area (Å²) < 4.78 is 19.2. The molecule has 0 spiro atoms. The minimum absolute atomic E-state index is 0.213. The number of hydrogen-bond donors (Lipinski definition) is 1. The molecule has 0 aliphatic carbocycles. The normalized spacial score (nSPS) is 10.4. The van der Waals surface area contributed by atoms with Gasteiger partial charge in [0.05, 0.1) is 12.8 Å². The van der Waals surface area contributed by atoms with Gasteiger partial charge in [-0.2, -0.15) is 4.98 Å². The van der Waals surface area contributed by atoms with Gasteiger partial charge in [-0.25, -0.2) is 9.37 Å². The van der Waals surface area contributed by atoms with Crippen LogP contribution in [0.3, 0.4) is 0 Å². The monoisotopic (exact) mass is 304 g/mol. The summed E-state index contributed by atoms with van der Waals surface area (Å²) in [5.41, 5.74) is 1.46. The number of methoxy groups -OCH3 is 1. The van der Waals surface area contributed by atoms with Crippen LogP contribution in [-0.2, 0) is 6.54 Å². The Morgan fingerprint density at radius 3 is 2.64 bits per heavy atom. The number of nitrogens with one attached hydrogen (secondary N) is 1. The lowest BCUT2D eigenvalue weighted by atomic mass is 10.2. The molecule has 0 atom stereocenters. The molecular weight excluding hydrogens is 283 g/mol. The first kappa shape index (κ1) is 16.0. The van der Waals surface area contributed by atoms with Gasteiger partial charge in [0.15, 0.2) is 0 Å². The van der Waals surface area contributed by atoms with E-state index in [4.69, 9.17) is 4.74 Å². The molecule has 22 heavy (non-hydrogen) atoms. The first-order chi connectivity index (χ1) is 10.7. The lowest BCUT2D eigenvalue weighted by Gasteiger charge is -2.21. The Morgan fingerprint density at radius 2 is 2.00 bits per heavy atom. The molecule has 0 saturated heterocycles. The third-order valence-electron chi connectivity index (χ3n) is 3.41. The zero-order valence-electron chi connectivity index (χ0n) is 13.1. The summed E-state index contributed by atoms with van der Waals surface area (Å²) in [6.07, 6.45) is 1.61. The van der Waals surface area contributed by atoms with Crippen LogP contribution in [0.15, 0.2) is 30.5 Å². The van der Waals surface area contributed by atoms with Gasteiger partial charge in [-0.1, -0.05) is 6.07 Å². The fourth-order valence-electron chi connectivity index (χ4n) is 2.20. The van der Waals surface area contributed by atoms with E-state index in [-0.39, 0.29) is 5.82 Å². The van der Waals surface area contributed by atoms with Crippen molar-refractivity contribution in [2.75, 3.05) is 30.4 Å². The van der Waals surface area contributed by atoms with E-state index in [2.05, 4.69) is 15.3 Å². The second-order valence-corrected chi connectivity index (χ2v) is 4.73. The smallest absolute Gasteiger partial charge is 0.226 e. The van der Waals surface area contributed by atoms with E-state index in [9.17, 15) is 4.39 Å². The number of benzene rings is 1. The molecule has 1 aromatic heterocycles. The minimum atomic E-state index is -0.213. The molecule has 118 valence electrons. The molecule has 1 N–H and O–H groups in total. The van der Waals surface area contributed by atoms with E-state index in [1.165, 1.54) is 0 Å². The van der Waals surface area contributed by atoms with Gasteiger partial charge in [0.2, 0.25) is 11.8 Å². The lowest BCUT2D eigenvalue weighted by Crippen LogP contribution is -2.23. The summed E-state index contributed by atoms with van der Waals surface area (Å²) in [6.45, 7) is 6.03. The Kier molecular flexibility index (Phi) is 5.52. The maximum absolute atomic E-state index is 14.2. The van der Waals surface area contributed by atoms with Crippen molar-refractivity contribution >= 4 is 11.6 Å². The number of rotatable bonds is 7.